The van der Waals surface area contributed by atoms with E-state index in [1.807, 2.05) is 71.3 Å². The quantitative estimate of drug-likeness (QED) is 0.596. The Morgan fingerprint density at radius 1 is 0.923 bits per heavy atom. The third kappa shape index (κ3) is 3.35. The second-order valence-electron chi connectivity index (χ2n) is 6.15. The average Bonchev–Trinajstić information content (AvgIpc) is 3.12. The standard InChI is InChI=1S/C22H19N3O/c26-22(23-14-13-17-7-3-1-4-8-17)18-11-12-21-20(15-18)24-16-25(21)19-9-5-2-6-10-19/h1-12,15-16H,13-14H2,(H,23,26). The van der Waals surface area contributed by atoms with Crippen molar-refractivity contribution in [1.82, 2.24) is 14.9 Å². The predicted octanol–water partition coefficient (Wildman–Crippen LogP) is 4.00. The Hall–Kier alpha value is -3.40. The summed E-state index contributed by atoms with van der Waals surface area (Å²) in [5.41, 5.74) is 4.69. The van der Waals surface area contributed by atoms with Crippen molar-refractivity contribution in [2.45, 2.75) is 6.42 Å². The molecule has 1 N–H and O–H groups in total. The van der Waals surface area contributed by atoms with E-state index in [4.69, 9.17) is 0 Å². The highest BCUT2D eigenvalue weighted by molar-refractivity contribution is 5.97. The van der Waals surface area contributed by atoms with Crippen LogP contribution in [0.4, 0.5) is 0 Å². The van der Waals surface area contributed by atoms with Gasteiger partial charge in [0.15, 0.2) is 0 Å². The van der Waals surface area contributed by atoms with Crippen LogP contribution in [0, 0.1) is 0 Å². The van der Waals surface area contributed by atoms with E-state index in [0.717, 1.165) is 23.1 Å². The van der Waals surface area contributed by atoms with Crippen molar-refractivity contribution in [2.24, 2.45) is 0 Å². The summed E-state index contributed by atoms with van der Waals surface area (Å²) in [6.07, 6.45) is 2.61. The molecule has 0 atom stereocenters. The van der Waals surface area contributed by atoms with Gasteiger partial charge >= 0.3 is 0 Å². The van der Waals surface area contributed by atoms with Gasteiger partial charge in [0.05, 0.1) is 11.0 Å². The van der Waals surface area contributed by atoms with Gasteiger partial charge in [-0.25, -0.2) is 4.98 Å². The second kappa shape index (κ2) is 7.23. The molecule has 0 saturated carbocycles. The molecule has 0 aliphatic carbocycles. The zero-order valence-corrected chi connectivity index (χ0v) is 14.3. The molecule has 0 fully saturated rings. The van der Waals surface area contributed by atoms with Crippen LogP contribution in [0.1, 0.15) is 15.9 Å². The van der Waals surface area contributed by atoms with Gasteiger partial charge in [0.2, 0.25) is 0 Å². The lowest BCUT2D eigenvalue weighted by Crippen LogP contribution is -2.25. The van der Waals surface area contributed by atoms with Crippen molar-refractivity contribution >= 4 is 16.9 Å². The van der Waals surface area contributed by atoms with Crippen molar-refractivity contribution in [2.75, 3.05) is 6.54 Å². The molecule has 26 heavy (non-hydrogen) atoms. The Labute approximate surface area is 152 Å². The van der Waals surface area contributed by atoms with Crippen LogP contribution in [-0.2, 0) is 6.42 Å². The first-order valence-corrected chi connectivity index (χ1v) is 8.66. The maximum absolute atomic E-state index is 12.4. The molecule has 3 aromatic carbocycles. The molecule has 0 spiro atoms. The first kappa shape index (κ1) is 16.1. The summed E-state index contributed by atoms with van der Waals surface area (Å²) in [4.78, 5) is 16.9. The molecule has 1 aromatic heterocycles. The molecule has 128 valence electrons. The molecule has 4 heteroatoms. The number of rotatable bonds is 5. The lowest BCUT2D eigenvalue weighted by molar-refractivity contribution is 0.0954. The average molecular weight is 341 g/mol. The van der Waals surface area contributed by atoms with Crippen molar-refractivity contribution in [3.05, 3.63) is 96.3 Å². The van der Waals surface area contributed by atoms with Crippen LogP contribution in [0.15, 0.2) is 85.2 Å². The Kier molecular flexibility index (Phi) is 4.48. The van der Waals surface area contributed by atoms with Gasteiger partial charge in [0, 0.05) is 17.8 Å². The zero-order valence-electron chi connectivity index (χ0n) is 14.3. The molecule has 4 rings (SSSR count). The van der Waals surface area contributed by atoms with Gasteiger partial charge in [-0.15, -0.1) is 0 Å². The number of nitrogens with zero attached hydrogens (tertiary/aromatic N) is 2. The third-order valence-electron chi connectivity index (χ3n) is 4.39. The van der Waals surface area contributed by atoms with E-state index in [-0.39, 0.29) is 5.91 Å². The van der Waals surface area contributed by atoms with E-state index in [2.05, 4.69) is 22.4 Å². The summed E-state index contributed by atoms with van der Waals surface area (Å²) in [6, 6.07) is 25.8. The summed E-state index contributed by atoms with van der Waals surface area (Å²) in [7, 11) is 0. The number of carbonyl (C=O) groups excluding carboxylic acids is 1. The van der Waals surface area contributed by atoms with E-state index in [0.29, 0.717) is 12.1 Å². The highest BCUT2D eigenvalue weighted by Gasteiger charge is 2.09. The number of carbonyl (C=O) groups is 1. The SMILES string of the molecule is O=C(NCCc1ccccc1)c1ccc2c(c1)ncn2-c1ccccc1. The van der Waals surface area contributed by atoms with Crippen molar-refractivity contribution in [3.63, 3.8) is 0 Å². The summed E-state index contributed by atoms with van der Waals surface area (Å²) in [5, 5.41) is 2.98. The van der Waals surface area contributed by atoms with Crippen LogP contribution in [0.5, 0.6) is 0 Å². The highest BCUT2D eigenvalue weighted by Crippen LogP contribution is 2.19. The smallest absolute Gasteiger partial charge is 0.251 e. The Balaban J connectivity index is 1.48. The normalized spacial score (nSPS) is 10.8. The molecule has 0 saturated heterocycles. The lowest BCUT2D eigenvalue weighted by atomic mass is 10.1. The zero-order chi connectivity index (χ0) is 17.8. The summed E-state index contributed by atoms with van der Waals surface area (Å²) in [5.74, 6) is -0.0721. The van der Waals surface area contributed by atoms with Gasteiger partial charge in [-0.05, 0) is 42.3 Å². The predicted molar refractivity (Wildman–Crippen MR) is 104 cm³/mol. The number of aromatic nitrogens is 2. The molecule has 0 bridgehead atoms. The van der Waals surface area contributed by atoms with E-state index >= 15 is 0 Å². The maximum atomic E-state index is 12.4. The van der Waals surface area contributed by atoms with Crippen molar-refractivity contribution < 1.29 is 4.79 Å². The van der Waals surface area contributed by atoms with Gasteiger partial charge in [0.1, 0.15) is 6.33 Å². The number of imidazole rings is 1. The van der Waals surface area contributed by atoms with Gasteiger partial charge in [-0.1, -0.05) is 48.5 Å². The Bertz CT molecular complexity index is 1020. The topological polar surface area (TPSA) is 46.9 Å². The number of amides is 1. The van der Waals surface area contributed by atoms with Crippen LogP contribution in [-0.4, -0.2) is 22.0 Å². The Morgan fingerprint density at radius 2 is 1.65 bits per heavy atom. The molecule has 1 heterocycles. The lowest BCUT2D eigenvalue weighted by Gasteiger charge is -2.07. The minimum Gasteiger partial charge on any atom is -0.352 e. The molecule has 1 amide bonds. The van der Waals surface area contributed by atoms with Crippen LogP contribution >= 0.6 is 0 Å². The second-order valence-corrected chi connectivity index (χ2v) is 6.15. The van der Waals surface area contributed by atoms with E-state index in [1.165, 1.54) is 5.56 Å². The number of benzene rings is 3. The molecule has 0 radical (unpaired) electrons. The minimum atomic E-state index is -0.0721. The number of hydrogen-bond acceptors (Lipinski definition) is 2. The van der Waals surface area contributed by atoms with E-state index < -0.39 is 0 Å². The van der Waals surface area contributed by atoms with Crippen LogP contribution in [0.2, 0.25) is 0 Å². The van der Waals surface area contributed by atoms with E-state index in [9.17, 15) is 4.79 Å². The molecular formula is C22H19N3O. The summed E-state index contributed by atoms with van der Waals surface area (Å²) in [6.45, 7) is 0.610. The van der Waals surface area contributed by atoms with Gasteiger partial charge in [0.25, 0.3) is 5.91 Å². The van der Waals surface area contributed by atoms with E-state index in [1.54, 1.807) is 6.33 Å². The molecule has 4 nitrogen and oxygen atoms in total. The van der Waals surface area contributed by atoms with Crippen LogP contribution < -0.4 is 5.32 Å². The minimum absolute atomic E-state index is 0.0721. The summed E-state index contributed by atoms with van der Waals surface area (Å²) >= 11 is 0. The fraction of sp³-hybridized carbons (Fsp3) is 0.0909. The van der Waals surface area contributed by atoms with Crippen LogP contribution in [0.25, 0.3) is 16.7 Å². The number of para-hydroxylation sites is 1. The molecule has 4 aromatic rings. The van der Waals surface area contributed by atoms with Crippen molar-refractivity contribution in [3.8, 4) is 5.69 Å². The Morgan fingerprint density at radius 3 is 2.42 bits per heavy atom. The summed E-state index contributed by atoms with van der Waals surface area (Å²) < 4.78 is 2.02. The van der Waals surface area contributed by atoms with Gasteiger partial charge in [-0.3, -0.25) is 9.36 Å². The van der Waals surface area contributed by atoms with Crippen LogP contribution in [0.3, 0.4) is 0 Å². The van der Waals surface area contributed by atoms with Gasteiger partial charge in [-0.2, -0.15) is 0 Å². The third-order valence-corrected chi connectivity index (χ3v) is 4.39. The van der Waals surface area contributed by atoms with Crippen molar-refractivity contribution in [1.29, 1.82) is 0 Å². The number of nitrogens with one attached hydrogen (secondary N) is 1. The monoisotopic (exact) mass is 341 g/mol. The molecule has 0 unspecified atom stereocenters. The fourth-order valence-corrected chi connectivity index (χ4v) is 3.02. The molecular weight excluding hydrogens is 322 g/mol. The number of hydrogen-bond donors (Lipinski definition) is 1. The number of fused-ring (bicyclic) bond motifs is 1. The molecule has 0 aliphatic rings. The fourth-order valence-electron chi connectivity index (χ4n) is 3.02. The first-order valence-electron chi connectivity index (χ1n) is 8.66. The largest absolute Gasteiger partial charge is 0.352 e. The molecule has 0 aliphatic heterocycles. The maximum Gasteiger partial charge on any atom is 0.251 e. The van der Waals surface area contributed by atoms with Gasteiger partial charge < -0.3 is 5.32 Å². The first-order chi connectivity index (χ1) is 12.8. The highest BCUT2D eigenvalue weighted by atomic mass is 16.1.